The van der Waals surface area contributed by atoms with E-state index in [1.54, 1.807) is 30.3 Å². The van der Waals surface area contributed by atoms with Gasteiger partial charge in [0.25, 0.3) is 0 Å². The molecule has 162 valence electrons. The van der Waals surface area contributed by atoms with Crippen molar-refractivity contribution in [3.05, 3.63) is 53.7 Å². The number of hydrogen-bond donors (Lipinski definition) is 1. The van der Waals surface area contributed by atoms with Crippen LogP contribution in [0.1, 0.15) is 24.0 Å². The lowest BCUT2D eigenvalue weighted by atomic mass is 10.1. The Morgan fingerprint density at radius 2 is 2.00 bits per heavy atom. The molecule has 31 heavy (non-hydrogen) atoms. The number of amides is 1. The molecular formula is C21H19F3N4O2S. The summed E-state index contributed by atoms with van der Waals surface area (Å²) in [6.07, 6.45) is -4.33. The molecule has 1 aliphatic heterocycles. The largest absolute Gasteiger partial charge is 0.389 e. The molecule has 1 amide bonds. The molecule has 1 unspecified atom stereocenters. The molecule has 1 aromatic heterocycles. The van der Waals surface area contributed by atoms with E-state index in [-0.39, 0.29) is 12.4 Å². The fourth-order valence-corrected chi connectivity index (χ4v) is 5.08. The Kier molecular flexibility index (Phi) is 5.65. The number of fused-ring (bicyclic) bond motifs is 2. The quantitative estimate of drug-likeness (QED) is 0.642. The van der Waals surface area contributed by atoms with E-state index in [2.05, 4.69) is 9.97 Å². The predicted molar refractivity (Wildman–Crippen MR) is 112 cm³/mol. The summed E-state index contributed by atoms with van der Waals surface area (Å²) in [6, 6.07) is 10.3. The lowest BCUT2D eigenvalue weighted by Crippen LogP contribution is -2.32. The summed E-state index contributed by atoms with van der Waals surface area (Å²) in [6.45, 7) is 0.0107. The first-order valence-electron chi connectivity index (χ1n) is 9.60. The van der Waals surface area contributed by atoms with Crippen LogP contribution in [0.2, 0.25) is 0 Å². The van der Waals surface area contributed by atoms with Gasteiger partial charge in [0.1, 0.15) is 5.82 Å². The molecule has 0 aliphatic carbocycles. The van der Waals surface area contributed by atoms with Gasteiger partial charge in [-0.15, -0.1) is 0 Å². The van der Waals surface area contributed by atoms with Crippen LogP contribution in [0.3, 0.4) is 0 Å². The molecule has 0 fully saturated rings. The minimum Gasteiger partial charge on any atom is -0.382 e. The number of aryl methyl sites for hydroxylation is 1. The fourth-order valence-electron chi connectivity index (χ4n) is 3.59. The Bertz CT molecular complexity index is 1180. The maximum Gasteiger partial charge on any atom is 0.389 e. The average molecular weight is 448 g/mol. The van der Waals surface area contributed by atoms with Crippen LogP contribution in [-0.4, -0.2) is 32.0 Å². The molecule has 4 rings (SSSR count). The second-order valence-electron chi connectivity index (χ2n) is 7.28. The molecule has 2 N–H and O–H groups in total. The van der Waals surface area contributed by atoms with Gasteiger partial charge in [0.15, 0.2) is 0 Å². The molecule has 0 radical (unpaired) electrons. The van der Waals surface area contributed by atoms with Gasteiger partial charge < -0.3 is 10.6 Å². The highest BCUT2D eigenvalue weighted by Gasteiger charge is 2.32. The first-order chi connectivity index (χ1) is 14.7. The number of aromatic nitrogens is 2. The minimum atomic E-state index is -4.45. The number of anilines is 2. The molecule has 0 spiro atoms. The first kappa shape index (κ1) is 21.2. The molecule has 1 aliphatic rings. The number of nitrogens with two attached hydrogens (primary N) is 1. The summed E-state index contributed by atoms with van der Waals surface area (Å²) in [4.78, 5) is 23.1. The summed E-state index contributed by atoms with van der Waals surface area (Å²) >= 11 is 0. The zero-order chi connectivity index (χ0) is 22.2. The number of benzene rings is 2. The van der Waals surface area contributed by atoms with Crippen molar-refractivity contribution in [3.8, 4) is 0 Å². The van der Waals surface area contributed by atoms with Crippen LogP contribution in [0.5, 0.6) is 0 Å². The highest BCUT2D eigenvalue weighted by Crippen LogP contribution is 2.34. The molecule has 6 nitrogen and oxygen atoms in total. The van der Waals surface area contributed by atoms with Crippen molar-refractivity contribution in [1.82, 2.24) is 9.97 Å². The summed E-state index contributed by atoms with van der Waals surface area (Å²) in [5, 5.41) is 0. The van der Waals surface area contributed by atoms with E-state index < -0.39 is 35.7 Å². The van der Waals surface area contributed by atoms with Crippen LogP contribution in [-0.2, 0) is 28.6 Å². The predicted octanol–water partition coefficient (Wildman–Crippen LogP) is 3.75. The second kappa shape index (κ2) is 8.26. The molecule has 0 saturated heterocycles. The standard InChI is InChI=1S/C21H19F3N4O2S/c22-21(23,24)8-6-19(29)28(17-3-1-2-14-7-9-31(30)20(14)17)12-13-4-5-15-16(10-13)27-18(25)11-26-15/h1-5,10-11H,6-9,12H2,(H2,25,27). The van der Waals surface area contributed by atoms with Crippen molar-refractivity contribution < 1.29 is 22.2 Å². The van der Waals surface area contributed by atoms with Gasteiger partial charge >= 0.3 is 6.18 Å². The molecule has 3 aromatic rings. The van der Waals surface area contributed by atoms with Crippen LogP contribution in [0.15, 0.2) is 47.5 Å². The van der Waals surface area contributed by atoms with Crippen LogP contribution < -0.4 is 10.6 Å². The summed E-state index contributed by atoms with van der Waals surface area (Å²) in [5.74, 6) is -0.0192. The molecule has 2 aromatic carbocycles. The average Bonchev–Trinajstić information content (AvgIpc) is 3.10. The normalized spacial score (nSPS) is 15.8. The van der Waals surface area contributed by atoms with E-state index in [0.29, 0.717) is 39.4 Å². The van der Waals surface area contributed by atoms with E-state index in [0.717, 1.165) is 5.56 Å². The van der Waals surface area contributed by atoms with Crippen molar-refractivity contribution in [1.29, 1.82) is 0 Å². The minimum absolute atomic E-state index is 0.0107. The first-order valence-corrected chi connectivity index (χ1v) is 10.9. The third-order valence-electron chi connectivity index (χ3n) is 5.04. The summed E-state index contributed by atoms with van der Waals surface area (Å²) < 4.78 is 50.8. The van der Waals surface area contributed by atoms with Gasteiger partial charge in [-0.3, -0.25) is 14.0 Å². The number of carbonyl (C=O) groups excluding carboxylic acids is 1. The van der Waals surface area contributed by atoms with Crippen LogP contribution in [0.25, 0.3) is 11.0 Å². The van der Waals surface area contributed by atoms with Gasteiger partial charge in [-0.1, -0.05) is 18.2 Å². The van der Waals surface area contributed by atoms with Crippen molar-refractivity contribution in [2.24, 2.45) is 0 Å². The number of halogens is 3. The van der Waals surface area contributed by atoms with Crippen molar-refractivity contribution in [2.75, 3.05) is 16.4 Å². The number of carbonyl (C=O) groups is 1. The fraction of sp³-hybridized carbons (Fsp3) is 0.286. The van der Waals surface area contributed by atoms with Crippen LogP contribution in [0, 0.1) is 0 Å². The Morgan fingerprint density at radius 3 is 2.77 bits per heavy atom. The Hall–Kier alpha value is -3.01. The number of alkyl halides is 3. The number of rotatable bonds is 5. The third-order valence-corrected chi connectivity index (χ3v) is 6.54. The van der Waals surface area contributed by atoms with Gasteiger partial charge in [0.05, 0.1) is 51.6 Å². The smallest absolute Gasteiger partial charge is 0.382 e. The Morgan fingerprint density at radius 1 is 1.19 bits per heavy atom. The Balaban J connectivity index is 1.72. The lowest BCUT2D eigenvalue weighted by Gasteiger charge is -2.25. The summed E-state index contributed by atoms with van der Waals surface area (Å²) in [5.41, 5.74) is 8.70. The van der Waals surface area contributed by atoms with Crippen LogP contribution in [0.4, 0.5) is 24.7 Å². The number of nitrogens with zero attached hydrogens (tertiary/aromatic N) is 3. The third kappa shape index (κ3) is 4.68. The highest BCUT2D eigenvalue weighted by molar-refractivity contribution is 7.85. The number of nitrogen functional groups attached to an aromatic ring is 1. The van der Waals surface area contributed by atoms with E-state index in [4.69, 9.17) is 5.73 Å². The van der Waals surface area contributed by atoms with E-state index in [1.165, 1.54) is 11.1 Å². The Labute approximate surface area is 178 Å². The van der Waals surface area contributed by atoms with E-state index >= 15 is 0 Å². The van der Waals surface area contributed by atoms with Gasteiger partial charge in [0.2, 0.25) is 5.91 Å². The van der Waals surface area contributed by atoms with Gasteiger partial charge in [-0.2, -0.15) is 13.2 Å². The monoisotopic (exact) mass is 448 g/mol. The van der Waals surface area contributed by atoms with E-state index in [9.17, 15) is 22.2 Å². The lowest BCUT2D eigenvalue weighted by molar-refractivity contribution is -0.143. The van der Waals surface area contributed by atoms with Crippen molar-refractivity contribution >= 4 is 39.2 Å². The molecule has 1 atom stereocenters. The van der Waals surface area contributed by atoms with Crippen molar-refractivity contribution in [2.45, 2.75) is 36.9 Å². The van der Waals surface area contributed by atoms with Gasteiger partial charge in [-0.25, -0.2) is 4.98 Å². The SMILES string of the molecule is Nc1cnc2ccc(CN(C(=O)CCC(F)(F)F)c3cccc4c3S(=O)CC4)cc2n1. The van der Waals surface area contributed by atoms with Crippen LogP contribution >= 0.6 is 0 Å². The molecular weight excluding hydrogens is 429 g/mol. The van der Waals surface area contributed by atoms with E-state index in [1.807, 2.05) is 6.07 Å². The molecule has 0 bridgehead atoms. The van der Waals surface area contributed by atoms with Gasteiger partial charge in [0, 0.05) is 12.2 Å². The second-order valence-corrected chi connectivity index (χ2v) is 8.79. The zero-order valence-corrected chi connectivity index (χ0v) is 17.2. The molecule has 0 saturated carbocycles. The van der Waals surface area contributed by atoms with Gasteiger partial charge in [-0.05, 0) is 35.7 Å². The topological polar surface area (TPSA) is 89.2 Å². The number of hydrogen-bond acceptors (Lipinski definition) is 5. The maximum absolute atomic E-state index is 12.9. The molecule has 10 heteroatoms. The highest BCUT2D eigenvalue weighted by atomic mass is 32.2. The maximum atomic E-state index is 12.9. The zero-order valence-electron chi connectivity index (χ0n) is 16.4. The summed E-state index contributed by atoms with van der Waals surface area (Å²) in [7, 11) is -1.31. The van der Waals surface area contributed by atoms with Crippen molar-refractivity contribution in [3.63, 3.8) is 0 Å². The molecule has 2 heterocycles.